The van der Waals surface area contributed by atoms with Gasteiger partial charge in [-0.25, -0.2) is 4.90 Å². The van der Waals surface area contributed by atoms with E-state index < -0.39 is 0 Å². The van der Waals surface area contributed by atoms with Crippen LogP contribution >= 0.6 is 11.6 Å². The molecule has 6 heteroatoms. The summed E-state index contributed by atoms with van der Waals surface area (Å²) in [6.07, 6.45) is 4.28. The van der Waals surface area contributed by atoms with Crippen molar-refractivity contribution in [1.29, 1.82) is 0 Å². The van der Waals surface area contributed by atoms with E-state index in [0.717, 1.165) is 49.5 Å². The third kappa shape index (κ3) is 5.10. The van der Waals surface area contributed by atoms with Gasteiger partial charge in [-0.1, -0.05) is 30.7 Å². The van der Waals surface area contributed by atoms with Crippen molar-refractivity contribution in [3.05, 3.63) is 59.1 Å². The van der Waals surface area contributed by atoms with E-state index in [0.29, 0.717) is 18.2 Å². The molecule has 2 amide bonds. The van der Waals surface area contributed by atoms with Crippen LogP contribution in [0.25, 0.3) is 0 Å². The quantitative estimate of drug-likeness (QED) is 0.585. The third-order valence-corrected chi connectivity index (χ3v) is 6.47. The molecule has 2 fully saturated rings. The Hall–Kier alpha value is -2.37. The number of anilines is 1. The highest BCUT2D eigenvalue weighted by molar-refractivity contribution is 6.30. The van der Waals surface area contributed by atoms with Crippen LogP contribution in [0.1, 0.15) is 38.2 Å². The van der Waals surface area contributed by atoms with Gasteiger partial charge < -0.3 is 4.74 Å². The lowest BCUT2D eigenvalue weighted by atomic mass is 9.89. The number of halogens is 1. The maximum absolute atomic E-state index is 13.1. The normalized spacial score (nSPS) is 20.5. The number of hydrogen-bond acceptors (Lipinski definition) is 4. The van der Waals surface area contributed by atoms with Crippen LogP contribution in [0.4, 0.5) is 5.69 Å². The lowest BCUT2D eigenvalue weighted by molar-refractivity contribution is -0.123. The molecule has 0 aromatic heterocycles. The minimum atomic E-state index is -0.347. The molecule has 0 bridgehead atoms. The summed E-state index contributed by atoms with van der Waals surface area (Å²) in [4.78, 5) is 29.3. The van der Waals surface area contributed by atoms with Crippen molar-refractivity contribution >= 4 is 29.1 Å². The number of carbonyl (C=O) groups is 2. The van der Waals surface area contributed by atoms with E-state index in [1.165, 1.54) is 10.5 Å². The Labute approximate surface area is 188 Å². The molecule has 1 atom stereocenters. The molecule has 164 valence electrons. The van der Waals surface area contributed by atoms with Crippen molar-refractivity contribution in [2.24, 2.45) is 5.92 Å². The van der Waals surface area contributed by atoms with Gasteiger partial charge in [0.05, 0.1) is 24.8 Å². The lowest BCUT2D eigenvalue weighted by Gasteiger charge is -2.34. The average molecular weight is 441 g/mol. The molecule has 0 spiro atoms. The molecule has 0 aliphatic carbocycles. The van der Waals surface area contributed by atoms with Gasteiger partial charge in [0.25, 0.3) is 5.91 Å². The van der Waals surface area contributed by atoms with Crippen LogP contribution in [0.5, 0.6) is 5.75 Å². The predicted octanol–water partition coefficient (Wildman–Crippen LogP) is 4.72. The van der Waals surface area contributed by atoms with Crippen molar-refractivity contribution in [2.75, 3.05) is 24.6 Å². The van der Waals surface area contributed by atoms with Crippen LogP contribution in [-0.4, -0.2) is 42.5 Å². The van der Waals surface area contributed by atoms with Gasteiger partial charge in [-0.15, -0.1) is 0 Å². The monoisotopic (exact) mass is 440 g/mol. The summed E-state index contributed by atoms with van der Waals surface area (Å²) < 4.78 is 5.60. The molecule has 0 N–H and O–H groups in total. The van der Waals surface area contributed by atoms with Crippen LogP contribution in [-0.2, 0) is 16.0 Å². The molecule has 2 aliphatic rings. The second-order valence-electron chi connectivity index (χ2n) is 8.44. The highest BCUT2D eigenvalue weighted by atomic mass is 35.5. The largest absolute Gasteiger partial charge is 0.494 e. The first-order valence-corrected chi connectivity index (χ1v) is 11.5. The van der Waals surface area contributed by atoms with E-state index in [4.69, 9.17) is 16.3 Å². The fourth-order valence-electron chi connectivity index (χ4n) is 4.51. The lowest BCUT2D eigenvalue weighted by Crippen LogP contribution is -2.46. The summed E-state index contributed by atoms with van der Waals surface area (Å²) in [5.41, 5.74) is 1.92. The van der Waals surface area contributed by atoms with E-state index in [9.17, 15) is 9.59 Å². The Morgan fingerprint density at radius 2 is 1.68 bits per heavy atom. The fourth-order valence-corrected chi connectivity index (χ4v) is 4.63. The summed E-state index contributed by atoms with van der Waals surface area (Å²) in [6.45, 7) is 4.40. The van der Waals surface area contributed by atoms with E-state index in [1.807, 2.05) is 24.3 Å². The molecule has 31 heavy (non-hydrogen) atoms. The molecule has 0 radical (unpaired) electrons. The van der Waals surface area contributed by atoms with Gasteiger partial charge in [0.2, 0.25) is 5.91 Å². The molecule has 2 aromatic rings. The number of amides is 2. The van der Waals surface area contributed by atoms with Gasteiger partial charge in [-0.05, 0) is 86.7 Å². The van der Waals surface area contributed by atoms with Gasteiger partial charge >= 0.3 is 0 Å². The van der Waals surface area contributed by atoms with Gasteiger partial charge in [0.15, 0.2) is 0 Å². The molecule has 4 rings (SSSR count). The predicted molar refractivity (Wildman–Crippen MR) is 123 cm³/mol. The summed E-state index contributed by atoms with van der Waals surface area (Å²) in [5.74, 6) is 1.12. The van der Waals surface area contributed by atoms with E-state index in [1.54, 1.807) is 12.1 Å². The number of imide groups is 1. The van der Waals surface area contributed by atoms with Crippen LogP contribution in [0.15, 0.2) is 48.5 Å². The molecule has 2 saturated heterocycles. The van der Waals surface area contributed by atoms with Crippen LogP contribution < -0.4 is 9.64 Å². The molecule has 0 saturated carbocycles. The Morgan fingerprint density at radius 1 is 1.00 bits per heavy atom. The minimum absolute atomic E-state index is 0.108. The Balaban J connectivity index is 1.34. The smallest absolute Gasteiger partial charge is 0.251 e. The summed E-state index contributed by atoms with van der Waals surface area (Å²) in [7, 11) is 0. The van der Waals surface area contributed by atoms with Crippen LogP contribution in [0, 0.1) is 5.92 Å². The zero-order valence-corrected chi connectivity index (χ0v) is 18.7. The standard InChI is InChI=1S/C25H29ClN2O3/c1-2-15-31-22-9-7-21(8-10-22)28-24(29)17-23(25(28)30)27-13-11-19(12-14-27)16-18-3-5-20(26)6-4-18/h3-10,19,23H,2,11-17H2,1H3/t23-/m0/s1. The van der Waals surface area contributed by atoms with Crippen molar-refractivity contribution in [3.63, 3.8) is 0 Å². The third-order valence-electron chi connectivity index (χ3n) is 6.22. The van der Waals surface area contributed by atoms with Crippen molar-refractivity contribution in [3.8, 4) is 5.75 Å². The number of hydrogen-bond donors (Lipinski definition) is 0. The van der Waals surface area contributed by atoms with Crippen molar-refractivity contribution in [2.45, 2.75) is 45.1 Å². The van der Waals surface area contributed by atoms with Crippen LogP contribution in [0.3, 0.4) is 0 Å². The Bertz CT molecular complexity index is 905. The molecular formula is C25H29ClN2O3. The first-order valence-electron chi connectivity index (χ1n) is 11.1. The second kappa shape index (κ2) is 9.84. The average Bonchev–Trinajstić information content (AvgIpc) is 3.09. The van der Waals surface area contributed by atoms with Gasteiger partial charge in [0, 0.05) is 5.02 Å². The van der Waals surface area contributed by atoms with E-state index >= 15 is 0 Å². The first-order chi connectivity index (χ1) is 15.0. The molecule has 0 unspecified atom stereocenters. The topological polar surface area (TPSA) is 49.9 Å². The van der Waals surface area contributed by atoms with Gasteiger partial charge in [-0.2, -0.15) is 0 Å². The Kier molecular flexibility index (Phi) is 6.93. The minimum Gasteiger partial charge on any atom is -0.494 e. The SMILES string of the molecule is CCCOc1ccc(N2C(=O)C[C@H](N3CCC(Cc4ccc(Cl)cc4)CC3)C2=O)cc1. The molecule has 2 aromatic carbocycles. The zero-order chi connectivity index (χ0) is 21.8. The van der Waals surface area contributed by atoms with Crippen molar-refractivity contribution < 1.29 is 14.3 Å². The number of piperidine rings is 1. The van der Waals surface area contributed by atoms with Gasteiger partial charge in [-0.3, -0.25) is 14.5 Å². The van der Waals surface area contributed by atoms with E-state index in [-0.39, 0.29) is 24.3 Å². The number of ether oxygens (including phenoxy) is 1. The van der Waals surface area contributed by atoms with Crippen LogP contribution in [0.2, 0.25) is 5.02 Å². The fraction of sp³-hybridized carbons (Fsp3) is 0.440. The highest BCUT2D eigenvalue weighted by Crippen LogP contribution is 2.30. The Morgan fingerprint density at radius 3 is 2.32 bits per heavy atom. The number of nitrogens with zero attached hydrogens (tertiary/aromatic N) is 2. The second-order valence-corrected chi connectivity index (χ2v) is 8.88. The van der Waals surface area contributed by atoms with Gasteiger partial charge in [0.1, 0.15) is 5.75 Å². The highest BCUT2D eigenvalue weighted by Gasteiger charge is 2.43. The van der Waals surface area contributed by atoms with Crippen molar-refractivity contribution in [1.82, 2.24) is 4.90 Å². The maximum atomic E-state index is 13.1. The summed E-state index contributed by atoms with van der Waals surface area (Å²) in [6, 6.07) is 14.9. The van der Waals surface area contributed by atoms with E-state index in [2.05, 4.69) is 24.0 Å². The molecule has 2 aliphatic heterocycles. The molecule has 5 nitrogen and oxygen atoms in total. The molecule has 2 heterocycles. The number of carbonyl (C=O) groups excluding carboxylic acids is 2. The number of rotatable bonds is 7. The first kappa shape index (κ1) is 21.8. The number of likely N-dealkylation sites (tertiary alicyclic amines) is 1. The summed E-state index contributed by atoms with van der Waals surface area (Å²) >= 11 is 5.98. The molecular weight excluding hydrogens is 412 g/mol. The maximum Gasteiger partial charge on any atom is 0.251 e. The zero-order valence-electron chi connectivity index (χ0n) is 17.9. The summed E-state index contributed by atoms with van der Waals surface area (Å²) in [5, 5.41) is 0.760. The number of benzene rings is 2.